The summed E-state index contributed by atoms with van der Waals surface area (Å²) in [4.78, 5) is 29.2. The molecule has 7 heteroatoms. The number of amides is 1. The van der Waals surface area contributed by atoms with Crippen LogP contribution in [0.5, 0.6) is 5.75 Å². The fraction of sp³-hybridized carbons (Fsp3) is 0.360. The molecule has 32 heavy (non-hydrogen) atoms. The smallest absolute Gasteiger partial charge is 0.294 e. The van der Waals surface area contributed by atoms with E-state index in [2.05, 4.69) is 0 Å². The first kappa shape index (κ1) is 23.9. The van der Waals surface area contributed by atoms with Crippen LogP contribution in [0, 0.1) is 5.41 Å². The molecular weight excluding hydrogens is 426 g/mol. The molecule has 0 radical (unpaired) electrons. The Hall–Kier alpha value is -2.77. The van der Waals surface area contributed by atoms with Gasteiger partial charge in [0, 0.05) is 28.7 Å². The number of benzene rings is 2. The van der Waals surface area contributed by atoms with Gasteiger partial charge in [-0.1, -0.05) is 39.0 Å². The number of ether oxygens (including phenoxy) is 2. The van der Waals surface area contributed by atoms with Gasteiger partial charge in [0.1, 0.15) is 12.4 Å². The second kappa shape index (κ2) is 9.79. The molecule has 0 spiro atoms. The van der Waals surface area contributed by atoms with Crippen molar-refractivity contribution in [2.75, 3.05) is 31.5 Å². The number of nitrogens with zero attached hydrogens (tertiary/aromatic N) is 1. The standard InChI is InChI=1S/C25H29NO5S/c1-25(2,3)23(28)20-21(18-8-6-7-9-19(18)31-15-14-30-4)26(24(29)22(20)27)16-10-12-17(32-5)13-11-16/h6-13,21,27H,14-15H2,1-5H3. The van der Waals surface area contributed by atoms with Crippen molar-refractivity contribution < 1.29 is 24.2 Å². The minimum Gasteiger partial charge on any atom is -0.503 e. The summed E-state index contributed by atoms with van der Waals surface area (Å²) in [5.74, 6) is -0.882. The van der Waals surface area contributed by atoms with Gasteiger partial charge in [-0.2, -0.15) is 0 Å². The highest BCUT2D eigenvalue weighted by Crippen LogP contribution is 2.46. The van der Waals surface area contributed by atoms with Gasteiger partial charge in [-0.3, -0.25) is 14.5 Å². The Kier molecular flexibility index (Phi) is 7.31. The highest BCUT2D eigenvalue weighted by molar-refractivity contribution is 7.98. The van der Waals surface area contributed by atoms with E-state index in [0.717, 1.165) is 4.90 Å². The van der Waals surface area contributed by atoms with Crippen molar-refractivity contribution in [2.45, 2.75) is 31.7 Å². The van der Waals surface area contributed by atoms with Crippen LogP contribution in [-0.4, -0.2) is 43.4 Å². The first-order valence-electron chi connectivity index (χ1n) is 10.4. The summed E-state index contributed by atoms with van der Waals surface area (Å²) < 4.78 is 11.0. The molecular formula is C25H29NO5S. The molecule has 1 N–H and O–H groups in total. The summed E-state index contributed by atoms with van der Waals surface area (Å²) >= 11 is 1.59. The molecule has 0 saturated carbocycles. The Bertz CT molecular complexity index is 1020. The maximum atomic E-state index is 13.4. The number of carbonyl (C=O) groups is 2. The van der Waals surface area contributed by atoms with Crippen molar-refractivity contribution in [3.63, 3.8) is 0 Å². The minimum atomic E-state index is -0.812. The number of para-hydroxylation sites is 1. The van der Waals surface area contributed by atoms with E-state index in [-0.39, 0.29) is 11.4 Å². The summed E-state index contributed by atoms with van der Waals surface area (Å²) in [5.41, 5.74) is 0.515. The van der Waals surface area contributed by atoms with Crippen LogP contribution in [0.1, 0.15) is 32.4 Å². The van der Waals surface area contributed by atoms with Crippen molar-refractivity contribution in [1.29, 1.82) is 0 Å². The fourth-order valence-corrected chi connectivity index (χ4v) is 4.03. The topological polar surface area (TPSA) is 76.1 Å². The van der Waals surface area contributed by atoms with Crippen LogP contribution < -0.4 is 9.64 Å². The molecule has 1 aliphatic heterocycles. The zero-order valence-electron chi connectivity index (χ0n) is 19.0. The maximum Gasteiger partial charge on any atom is 0.294 e. The monoisotopic (exact) mass is 455 g/mol. The van der Waals surface area contributed by atoms with E-state index in [4.69, 9.17) is 9.47 Å². The van der Waals surface area contributed by atoms with E-state index >= 15 is 0 Å². The Balaban J connectivity index is 2.17. The number of aliphatic hydroxyl groups excluding tert-OH is 1. The number of Topliss-reactive ketones (excluding diaryl/α,β-unsaturated/α-hetero) is 1. The molecule has 0 aromatic heterocycles. The van der Waals surface area contributed by atoms with Crippen LogP contribution in [0.3, 0.4) is 0 Å². The van der Waals surface area contributed by atoms with Crippen molar-refractivity contribution in [3.05, 3.63) is 65.4 Å². The van der Waals surface area contributed by atoms with E-state index in [9.17, 15) is 14.7 Å². The highest BCUT2D eigenvalue weighted by Gasteiger charge is 2.47. The van der Waals surface area contributed by atoms with Crippen LogP contribution in [0.2, 0.25) is 0 Å². The first-order chi connectivity index (χ1) is 15.2. The number of thioether (sulfide) groups is 1. The second-order valence-electron chi connectivity index (χ2n) is 8.50. The van der Waals surface area contributed by atoms with Crippen molar-refractivity contribution in [2.24, 2.45) is 5.41 Å². The van der Waals surface area contributed by atoms with Crippen LogP contribution >= 0.6 is 11.8 Å². The molecule has 2 aromatic carbocycles. The zero-order chi connectivity index (χ0) is 23.5. The Labute approximate surface area is 193 Å². The van der Waals surface area contributed by atoms with Crippen LogP contribution in [-0.2, 0) is 14.3 Å². The van der Waals surface area contributed by atoms with E-state index in [0.29, 0.717) is 30.2 Å². The molecule has 0 bridgehead atoms. The average molecular weight is 456 g/mol. The average Bonchev–Trinajstić information content (AvgIpc) is 3.03. The van der Waals surface area contributed by atoms with E-state index in [1.165, 1.54) is 4.90 Å². The Morgan fingerprint density at radius 1 is 1.09 bits per heavy atom. The molecule has 6 nitrogen and oxygen atoms in total. The molecule has 1 heterocycles. The van der Waals surface area contributed by atoms with Crippen molar-refractivity contribution >= 4 is 29.1 Å². The minimum absolute atomic E-state index is 0.0826. The van der Waals surface area contributed by atoms with Gasteiger partial charge in [0.15, 0.2) is 11.5 Å². The molecule has 0 saturated heterocycles. The molecule has 2 aromatic rings. The van der Waals surface area contributed by atoms with Gasteiger partial charge >= 0.3 is 0 Å². The number of methoxy groups -OCH3 is 1. The number of rotatable bonds is 8. The fourth-order valence-electron chi connectivity index (χ4n) is 3.62. The predicted octanol–water partition coefficient (Wildman–Crippen LogP) is 4.95. The normalized spacial score (nSPS) is 16.6. The summed E-state index contributed by atoms with van der Waals surface area (Å²) in [7, 11) is 1.59. The number of hydrogen-bond acceptors (Lipinski definition) is 6. The molecule has 1 amide bonds. The Morgan fingerprint density at radius 2 is 1.75 bits per heavy atom. The lowest BCUT2D eigenvalue weighted by Crippen LogP contribution is -2.33. The lowest BCUT2D eigenvalue weighted by Gasteiger charge is -2.30. The first-order valence-corrected chi connectivity index (χ1v) is 11.6. The van der Waals surface area contributed by atoms with Gasteiger partial charge in [0.05, 0.1) is 18.2 Å². The van der Waals surface area contributed by atoms with Gasteiger partial charge < -0.3 is 14.6 Å². The lowest BCUT2D eigenvalue weighted by atomic mass is 9.82. The summed E-state index contributed by atoms with van der Waals surface area (Å²) in [6.45, 7) is 6.03. The summed E-state index contributed by atoms with van der Waals surface area (Å²) in [5, 5.41) is 10.9. The van der Waals surface area contributed by atoms with Gasteiger partial charge in [0.2, 0.25) is 0 Å². The molecule has 3 rings (SSSR count). The largest absolute Gasteiger partial charge is 0.503 e. The third kappa shape index (κ3) is 4.69. The molecule has 1 unspecified atom stereocenters. The molecule has 170 valence electrons. The maximum absolute atomic E-state index is 13.4. The van der Waals surface area contributed by atoms with Gasteiger partial charge in [-0.15, -0.1) is 11.8 Å². The van der Waals surface area contributed by atoms with Crippen molar-refractivity contribution in [3.8, 4) is 5.75 Å². The molecule has 0 aliphatic carbocycles. The van der Waals surface area contributed by atoms with Gasteiger partial charge in [-0.25, -0.2) is 0 Å². The van der Waals surface area contributed by atoms with Gasteiger partial charge in [0.25, 0.3) is 5.91 Å². The second-order valence-corrected chi connectivity index (χ2v) is 9.38. The van der Waals surface area contributed by atoms with Crippen LogP contribution in [0.4, 0.5) is 5.69 Å². The lowest BCUT2D eigenvalue weighted by molar-refractivity contribution is -0.123. The third-order valence-corrected chi connectivity index (χ3v) is 5.99. The SMILES string of the molecule is COCCOc1ccccc1C1C(C(=O)C(C)(C)C)=C(O)C(=O)N1c1ccc(SC)cc1. The number of carbonyl (C=O) groups excluding carboxylic acids is 2. The van der Waals surface area contributed by atoms with Crippen LogP contribution in [0.15, 0.2) is 64.8 Å². The molecule has 0 fully saturated rings. The molecule has 1 aliphatic rings. The van der Waals surface area contributed by atoms with E-state index in [1.807, 2.05) is 48.7 Å². The van der Waals surface area contributed by atoms with E-state index in [1.54, 1.807) is 45.7 Å². The quantitative estimate of drug-likeness (QED) is 0.448. The summed E-state index contributed by atoms with van der Waals surface area (Å²) in [6.07, 6.45) is 1.97. The number of ketones is 1. The van der Waals surface area contributed by atoms with Crippen molar-refractivity contribution in [1.82, 2.24) is 0 Å². The highest BCUT2D eigenvalue weighted by atomic mass is 32.2. The van der Waals surface area contributed by atoms with Crippen LogP contribution in [0.25, 0.3) is 0 Å². The number of aliphatic hydroxyl groups is 1. The molecule has 1 atom stereocenters. The van der Waals surface area contributed by atoms with E-state index < -0.39 is 23.1 Å². The summed E-state index contributed by atoms with van der Waals surface area (Å²) in [6, 6.07) is 13.9. The van der Waals surface area contributed by atoms with Gasteiger partial charge in [-0.05, 0) is 36.6 Å². The predicted molar refractivity (Wildman–Crippen MR) is 126 cm³/mol. The third-order valence-electron chi connectivity index (χ3n) is 5.24. The Morgan fingerprint density at radius 3 is 2.34 bits per heavy atom. The number of hydrogen-bond donors (Lipinski definition) is 1. The zero-order valence-corrected chi connectivity index (χ0v) is 19.9. The number of anilines is 1.